The maximum atomic E-state index is 13.3. The Morgan fingerprint density at radius 1 is 1.43 bits per heavy atom. The minimum Gasteiger partial charge on any atom is -0.494 e. The van der Waals surface area contributed by atoms with Crippen LogP contribution in [0.15, 0.2) is 12.1 Å². The Hall–Kier alpha value is -0.810. The lowest BCUT2D eigenvalue weighted by Gasteiger charge is -2.11. The molecule has 0 aliphatic carbocycles. The van der Waals surface area contributed by atoms with Crippen molar-refractivity contribution in [2.45, 2.75) is 5.25 Å². The summed E-state index contributed by atoms with van der Waals surface area (Å²) in [5.74, 6) is -1.30. The number of rotatable bonds is 3. The number of methoxy groups -OCH3 is 1. The van der Waals surface area contributed by atoms with E-state index < -0.39 is 16.9 Å². The zero-order chi connectivity index (χ0) is 10.7. The van der Waals surface area contributed by atoms with E-state index in [0.29, 0.717) is 0 Å². The molecule has 1 unspecified atom stereocenters. The molecule has 1 aromatic rings. The smallest absolute Gasteiger partial charge is 0.165 e. The van der Waals surface area contributed by atoms with Gasteiger partial charge >= 0.3 is 0 Å². The largest absolute Gasteiger partial charge is 0.494 e. The SMILES string of the molecule is COc1cc(F)c(C(S)CN)cc1F. The Morgan fingerprint density at radius 3 is 2.57 bits per heavy atom. The molecule has 0 amide bonds. The molecule has 0 heterocycles. The fourth-order valence-electron chi connectivity index (χ4n) is 1.08. The summed E-state index contributed by atoms with van der Waals surface area (Å²) in [5, 5.41) is -0.504. The summed E-state index contributed by atoms with van der Waals surface area (Å²) in [7, 11) is 1.28. The second kappa shape index (κ2) is 4.61. The van der Waals surface area contributed by atoms with Gasteiger partial charge in [-0.15, -0.1) is 0 Å². The summed E-state index contributed by atoms with van der Waals surface area (Å²) in [6.45, 7) is 0.145. The van der Waals surface area contributed by atoms with Gasteiger partial charge in [0.15, 0.2) is 11.6 Å². The van der Waals surface area contributed by atoms with Gasteiger partial charge in [0, 0.05) is 23.4 Å². The first-order valence-electron chi connectivity index (χ1n) is 4.01. The molecule has 0 saturated heterocycles. The van der Waals surface area contributed by atoms with Crippen LogP contribution in [0.1, 0.15) is 10.8 Å². The van der Waals surface area contributed by atoms with Crippen molar-refractivity contribution in [2.75, 3.05) is 13.7 Å². The van der Waals surface area contributed by atoms with Gasteiger partial charge in [-0.1, -0.05) is 0 Å². The highest BCUT2D eigenvalue weighted by Crippen LogP contribution is 2.27. The van der Waals surface area contributed by atoms with Gasteiger partial charge in [-0.3, -0.25) is 0 Å². The van der Waals surface area contributed by atoms with E-state index in [1.54, 1.807) is 0 Å². The first-order chi connectivity index (χ1) is 6.60. The molecule has 0 fully saturated rings. The summed E-state index contributed by atoms with van der Waals surface area (Å²) in [5.41, 5.74) is 5.44. The molecule has 0 saturated carbocycles. The van der Waals surface area contributed by atoms with Crippen LogP contribution in [0.5, 0.6) is 5.75 Å². The second-order valence-electron chi connectivity index (χ2n) is 2.76. The third kappa shape index (κ3) is 2.16. The van der Waals surface area contributed by atoms with E-state index in [4.69, 9.17) is 5.73 Å². The molecule has 0 radical (unpaired) electrons. The third-order valence-corrected chi connectivity index (χ3v) is 2.34. The van der Waals surface area contributed by atoms with Crippen LogP contribution in [0, 0.1) is 11.6 Å². The van der Waals surface area contributed by atoms with E-state index in [1.807, 2.05) is 0 Å². The number of benzene rings is 1. The zero-order valence-corrected chi connectivity index (χ0v) is 8.52. The van der Waals surface area contributed by atoms with Gasteiger partial charge in [0.05, 0.1) is 7.11 Å². The van der Waals surface area contributed by atoms with Crippen LogP contribution >= 0.6 is 12.6 Å². The number of thiol groups is 1. The molecule has 0 bridgehead atoms. The Morgan fingerprint density at radius 2 is 2.07 bits per heavy atom. The van der Waals surface area contributed by atoms with Crippen molar-refractivity contribution in [3.05, 3.63) is 29.3 Å². The van der Waals surface area contributed by atoms with E-state index in [1.165, 1.54) is 7.11 Å². The average Bonchev–Trinajstić information content (AvgIpc) is 2.19. The minimum absolute atomic E-state index is 0.121. The molecule has 1 atom stereocenters. The monoisotopic (exact) mass is 219 g/mol. The van der Waals surface area contributed by atoms with Gasteiger partial charge in [-0.05, 0) is 6.07 Å². The molecule has 0 aliphatic heterocycles. The topological polar surface area (TPSA) is 35.2 Å². The molecule has 1 rings (SSSR count). The number of hydrogen-bond donors (Lipinski definition) is 2. The predicted molar refractivity (Wildman–Crippen MR) is 53.7 cm³/mol. The van der Waals surface area contributed by atoms with Crippen molar-refractivity contribution in [1.29, 1.82) is 0 Å². The van der Waals surface area contributed by atoms with E-state index in [-0.39, 0.29) is 17.9 Å². The average molecular weight is 219 g/mol. The Kier molecular flexibility index (Phi) is 3.71. The number of nitrogens with two attached hydrogens (primary N) is 1. The summed E-state index contributed by atoms with van der Waals surface area (Å²) in [6, 6.07) is 2.04. The lowest BCUT2D eigenvalue weighted by Crippen LogP contribution is -2.09. The summed E-state index contributed by atoms with van der Waals surface area (Å²) < 4.78 is 31.1. The number of ether oxygens (including phenoxy) is 1. The van der Waals surface area contributed by atoms with Crippen LogP contribution in [0.25, 0.3) is 0 Å². The van der Waals surface area contributed by atoms with Crippen LogP contribution in [-0.4, -0.2) is 13.7 Å². The standard InChI is InChI=1S/C9H11F2NOS/c1-13-8-3-6(10)5(2-7(8)11)9(14)4-12/h2-3,9,14H,4,12H2,1H3. The van der Waals surface area contributed by atoms with Crippen LogP contribution in [0.2, 0.25) is 0 Å². The van der Waals surface area contributed by atoms with E-state index in [2.05, 4.69) is 17.4 Å². The quantitative estimate of drug-likeness (QED) is 0.762. The second-order valence-corrected chi connectivity index (χ2v) is 3.38. The summed E-state index contributed by atoms with van der Waals surface area (Å²) in [6.07, 6.45) is 0. The lowest BCUT2D eigenvalue weighted by molar-refractivity contribution is 0.382. The summed E-state index contributed by atoms with van der Waals surface area (Å²) >= 11 is 4.03. The molecule has 0 spiro atoms. The molecule has 14 heavy (non-hydrogen) atoms. The first-order valence-corrected chi connectivity index (χ1v) is 4.52. The molecule has 78 valence electrons. The molecule has 5 heteroatoms. The third-order valence-electron chi connectivity index (χ3n) is 1.85. The highest BCUT2D eigenvalue weighted by Gasteiger charge is 2.14. The van der Waals surface area contributed by atoms with Crippen LogP contribution in [0.3, 0.4) is 0 Å². The van der Waals surface area contributed by atoms with Gasteiger partial charge in [-0.25, -0.2) is 8.78 Å². The normalized spacial score (nSPS) is 12.6. The fourth-order valence-corrected chi connectivity index (χ4v) is 1.28. The minimum atomic E-state index is -0.614. The molecular weight excluding hydrogens is 208 g/mol. The zero-order valence-electron chi connectivity index (χ0n) is 7.63. The van der Waals surface area contributed by atoms with Crippen molar-refractivity contribution in [3.63, 3.8) is 0 Å². The van der Waals surface area contributed by atoms with Crippen LogP contribution < -0.4 is 10.5 Å². The van der Waals surface area contributed by atoms with E-state index >= 15 is 0 Å². The van der Waals surface area contributed by atoms with Crippen molar-refractivity contribution in [3.8, 4) is 5.75 Å². The van der Waals surface area contributed by atoms with Gasteiger partial charge < -0.3 is 10.5 Å². The fraction of sp³-hybridized carbons (Fsp3) is 0.333. The number of hydrogen-bond acceptors (Lipinski definition) is 3. The van der Waals surface area contributed by atoms with Crippen molar-refractivity contribution >= 4 is 12.6 Å². The van der Waals surface area contributed by atoms with Gasteiger partial charge in [0.25, 0.3) is 0 Å². The lowest BCUT2D eigenvalue weighted by atomic mass is 10.1. The molecule has 0 aromatic heterocycles. The molecular formula is C9H11F2NOS. The maximum absolute atomic E-state index is 13.3. The molecule has 2 N–H and O–H groups in total. The van der Waals surface area contributed by atoms with Crippen molar-refractivity contribution in [1.82, 2.24) is 0 Å². The number of halogens is 2. The van der Waals surface area contributed by atoms with Gasteiger partial charge in [-0.2, -0.15) is 12.6 Å². The maximum Gasteiger partial charge on any atom is 0.165 e. The van der Waals surface area contributed by atoms with E-state index in [0.717, 1.165) is 12.1 Å². The molecule has 0 aliphatic rings. The summed E-state index contributed by atoms with van der Waals surface area (Å²) in [4.78, 5) is 0. The van der Waals surface area contributed by atoms with E-state index in [9.17, 15) is 8.78 Å². The molecule has 2 nitrogen and oxygen atoms in total. The van der Waals surface area contributed by atoms with Gasteiger partial charge in [0.2, 0.25) is 0 Å². The first kappa shape index (κ1) is 11.3. The van der Waals surface area contributed by atoms with Gasteiger partial charge in [0.1, 0.15) is 5.82 Å². The van der Waals surface area contributed by atoms with Crippen LogP contribution in [0.4, 0.5) is 8.78 Å². The Balaban J connectivity index is 3.14. The van der Waals surface area contributed by atoms with Crippen LogP contribution in [-0.2, 0) is 0 Å². The predicted octanol–water partition coefficient (Wildman–Crippen LogP) is 1.90. The Bertz CT molecular complexity index is 333. The van der Waals surface area contributed by atoms with Crippen molar-refractivity contribution < 1.29 is 13.5 Å². The highest BCUT2D eigenvalue weighted by atomic mass is 32.1. The molecule has 1 aromatic carbocycles. The Labute approximate surface area is 86.5 Å². The highest BCUT2D eigenvalue weighted by molar-refractivity contribution is 7.80. The van der Waals surface area contributed by atoms with Crippen molar-refractivity contribution in [2.24, 2.45) is 5.73 Å².